The van der Waals surface area contributed by atoms with E-state index in [1.165, 1.54) is 12.3 Å². The third-order valence-electron chi connectivity index (χ3n) is 7.86. The van der Waals surface area contributed by atoms with Crippen LogP contribution in [0.2, 0.25) is 5.02 Å². The summed E-state index contributed by atoms with van der Waals surface area (Å²) in [7, 11) is 1.73. The second kappa shape index (κ2) is 11.8. The van der Waals surface area contributed by atoms with Gasteiger partial charge in [-0.05, 0) is 43.2 Å². The van der Waals surface area contributed by atoms with Crippen molar-refractivity contribution in [2.75, 3.05) is 69.3 Å². The lowest BCUT2D eigenvalue weighted by molar-refractivity contribution is 0.0695. The summed E-state index contributed by atoms with van der Waals surface area (Å²) in [5.41, 5.74) is 3.08. The summed E-state index contributed by atoms with van der Waals surface area (Å²) in [6.07, 6.45) is 3.69. The van der Waals surface area contributed by atoms with Gasteiger partial charge in [-0.25, -0.2) is 9.78 Å². The van der Waals surface area contributed by atoms with Gasteiger partial charge < -0.3 is 24.2 Å². The van der Waals surface area contributed by atoms with Crippen molar-refractivity contribution in [3.05, 3.63) is 69.5 Å². The molecule has 0 atom stereocenters. The minimum absolute atomic E-state index is 0.287. The van der Waals surface area contributed by atoms with Crippen LogP contribution >= 0.6 is 22.9 Å². The Hall–Kier alpha value is -3.44. The van der Waals surface area contributed by atoms with E-state index in [2.05, 4.69) is 14.7 Å². The van der Waals surface area contributed by atoms with Gasteiger partial charge in [0.15, 0.2) is 10.6 Å². The number of methoxy groups -OCH3 is 1. The maximum absolute atomic E-state index is 12.8. The van der Waals surface area contributed by atoms with Crippen LogP contribution in [-0.4, -0.2) is 85.1 Å². The van der Waals surface area contributed by atoms with Gasteiger partial charge in [-0.1, -0.05) is 29.0 Å². The summed E-state index contributed by atoms with van der Waals surface area (Å²) in [5, 5.41) is 11.3. The number of ether oxygens (including phenoxy) is 1. The third kappa shape index (κ3) is 5.70. The van der Waals surface area contributed by atoms with Gasteiger partial charge in [0, 0.05) is 76.4 Å². The maximum Gasteiger partial charge on any atom is 0.341 e. The summed E-state index contributed by atoms with van der Waals surface area (Å²) in [4.78, 5) is 36.6. The summed E-state index contributed by atoms with van der Waals surface area (Å²) >= 11 is 8.34. The van der Waals surface area contributed by atoms with Crippen molar-refractivity contribution < 1.29 is 14.6 Å². The van der Waals surface area contributed by atoms with E-state index in [1.54, 1.807) is 23.0 Å². The van der Waals surface area contributed by atoms with Crippen LogP contribution in [0.25, 0.3) is 27.2 Å². The van der Waals surface area contributed by atoms with E-state index in [9.17, 15) is 14.7 Å². The lowest BCUT2D eigenvalue weighted by atomic mass is 10.1. The first-order valence-electron chi connectivity index (χ1n) is 13.8. The highest BCUT2D eigenvalue weighted by atomic mass is 35.5. The summed E-state index contributed by atoms with van der Waals surface area (Å²) < 4.78 is 7.97. The molecule has 41 heavy (non-hydrogen) atoms. The number of aromatic carboxylic acids is 1. The van der Waals surface area contributed by atoms with Crippen LogP contribution in [0, 0.1) is 0 Å². The SMILES string of the molecule is COCCN1CCN(c2nc3ccc(-n4cc(C(=O)O)c(=O)cc4-c4ccc(N5CCCC5)c(Cl)c4)cc3s2)CC1. The van der Waals surface area contributed by atoms with Crippen molar-refractivity contribution >= 4 is 49.9 Å². The van der Waals surface area contributed by atoms with Crippen LogP contribution in [-0.2, 0) is 4.74 Å². The smallest absolute Gasteiger partial charge is 0.341 e. The fraction of sp³-hybridized carbons (Fsp3) is 0.367. The number of thiazole rings is 1. The first kappa shape index (κ1) is 27.7. The van der Waals surface area contributed by atoms with E-state index in [1.807, 2.05) is 36.4 Å². The Labute approximate surface area is 247 Å². The van der Waals surface area contributed by atoms with Crippen LogP contribution in [0.1, 0.15) is 23.2 Å². The van der Waals surface area contributed by atoms with E-state index in [0.717, 1.165) is 97.5 Å². The standard InChI is InChI=1S/C30H32ClN5O4S/c1-40-15-14-33-10-12-35(13-11-33)30-32-24-6-5-21(17-28(24)41-30)36-19-22(29(38)39)27(37)18-26(36)20-4-7-25(23(31)16-20)34-8-2-3-9-34/h4-7,16-19H,2-3,8-15H2,1H3,(H,38,39). The zero-order chi connectivity index (χ0) is 28.5. The van der Waals surface area contributed by atoms with E-state index in [4.69, 9.17) is 21.3 Å². The number of benzene rings is 2. The number of rotatable bonds is 8. The fourth-order valence-corrected chi connectivity index (χ4v) is 6.93. The molecule has 2 aliphatic heterocycles. The fourth-order valence-electron chi connectivity index (χ4n) is 5.58. The van der Waals surface area contributed by atoms with E-state index >= 15 is 0 Å². The van der Waals surface area contributed by atoms with Crippen molar-refractivity contribution in [2.24, 2.45) is 0 Å². The van der Waals surface area contributed by atoms with Crippen LogP contribution in [0.3, 0.4) is 0 Å². The summed E-state index contributed by atoms with van der Waals surface area (Å²) in [6.45, 7) is 7.32. The Bertz CT molecular complexity index is 1640. The van der Waals surface area contributed by atoms with E-state index < -0.39 is 11.4 Å². The largest absolute Gasteiger partial charge is 0.477 e. The topological polar surface area (TPSA) is 91.1 Å². The number of hydrogen-bond acceptors (Lipinski definition) is 8. The highest BCUT2D eigenvalue weighted by Gasteiger charge is 2.21. The predicted molar refractivity (Wildman–Crippen MR) is 165 cm³/mol. The number of piperazine rings is 1. The van der Waals surface area contributed by atoms with Gasteiger partial charge in [0.05, 0.1) is 33.2 Å². The number of nitrogens with zero attached hydrogens (tertiary/aromatic N) is 5. The van der Waals surface area contributed by atoms with Gasteiger partial charge in [0.25, 0.3) is 0 Å². The zero-order valence-corrected chi connectivity index (χ0v) is 24.5. The van der Waals surface area contributed by atoms with E-state index in [0.29, 0.717) is 10.7 Å². The summed E-state index contributed by atoms with van der Waals surface area (Å²) in [5.74, 6) is -1.26. The number of carbonyl (C=O) groups is 1. The molecule has 1 N–H and O–H groups in total. The average Bonchev–Trinajstić information content (AvgIpc) is 3.66. The second-order valence-electron chi connectivity index (χ2n) is 10.4. The van der Waals surface area contributed by atoms with Crippen LogP contribution in [0.4, 0.5) is 10.8 Å². The average molecular weight is 594 g/mol. The first-order chi connectivity index (χ1) is 19.9. The Morgan fingerprint density at radius 2 is 1.80 bits per heavy atom. The minimum atomic E-state index is -1.26. The van der Waals surface area contributed by atoms with Gasteiger partial charge in [-0.3, -0.25) is 9.69 Å². The molecule has 4 aromatic rings. The maximum atomic E-state index is 12.8. The number of carboxylic acids is 1. The zero-order valence-electron chi connectivity index (χ0n) is 22.9. The van der Waals surface area contributed by atoms with Gasteiger partial charge in [0.2, 0.25) is 0 Å². The normalized spacial score (nSPS) is 16.1. The Balaban J connectivity index is 1.35. The van der Waals surface area contributed by atoms with Crippen molar-refractivity contribution in [3.8, 4) is 16.9 Å². The third-order valence-corrected chi connectivity index (χ3v) is 9.25. The molecular weight excluding hydrogens is 562 g/mol. The molecule has 2 aliphatic rings. The Morgan fingerprint density at radius 1 is 1.02 bits per heavy atom. The van der Waals surface area contributed by atoms with Crippen molar-refractivity contribution in [1.82, 2.24) is 14.5 Å². The van der Waals surface area contributed by atoms with Gasteiger partial charge in [0.1, 0.15) is 5.56 Å². The molecule has 0 bridgehead atoms. The molecule has 2 fully saturated rings. The second-order valence-corrected chi connectivity index (χ2v) is 11.9. The molecule has 0 radical (unpaired) electrons. The first-order valence-corrected chi connectivity index (χ1v) is 15.0. The molecule has 2 saturated heterocycles. The van der Waals surface area contributed by atoms with Crippen molar-refractivity contribution in [3.63, 3.8) is 0 Å². The van der Waals surface area contributed by atoms with E-state index in [-0.39, 0.29) is 5.56 Å². The van der Waals surface area contributed by atoms with Crippen LogP contribution < -0.4 is 15.2 Å². The molecule has 0 unspecified atom stereocenters. The Morgan fingerprint density at radius 3 is 2.51 bits per heavy atom. The molecule has 0 saturated carbocycles. The molecule has 0 amide bonds. The van der Waals surface area contributed by atoms with Crippen molar-refractivity contribution in [2.45, 2.75) is 12.8 Å². The lowest BCUT2D eigenvalue weighted by Gasteiger charge is -2.34. The predicted octanol–water partition coefficient (Wildman–Crippen LogP) is 4.83. The summed E-state index contributed by atoms with van der Waals surface area (Å²) in [6, 6.07) is 13.0. The number of fused-ring (bicyclic) bond motifs is 1. The number of anilines is 2. The molecule has 0 spiro atoms. The number of aromatic nitrogens is 2. The molecule has 6 rings (SSSR count). The highest BCUT2D eigenvalue weighted by molar-refractivity contribution is 7.22. The molecule has 4 heterocycles. The minimum Gasteiger partial charge on any atom is -0.477 e. The molecule has 11 heteroatoms. The Kier molecular flexibility index (Phi) is 7.99. The molecule has 0 aliphatic carbocycles. The molecule has 9 nitrogen and oxygen atoms in total. The van der Waals surface area contributed by atoms with Gasteiger partial charge in [-0.15, -0.1) is 0 Å². The molecule has 214 valence electrons. The molecule has 2 aromatic carbocycles. The molecule has 2 aromatic heterocycles. The van der Waals surface area contributed by atoms with Crippen LogP contribution in [0.5, 0.6) is 0 Å². The van der Waals surface area contributed by atoms with Gasteiger partial charge in [-0.2, -0.15) is 0 Å². The van der Waals surface area contributed by atoms with Gasteiger partial charge >= 0.3 is 5.97 Å². The number of pyridine rings is 1. The molecular formula is C30H32ClN5O4S. The van der Waals surface area contributed by atoms with Crippen molar-refractivity contribution in [1.29, 1.82) is 0 Å². The van der Waals surface area contributed by atoms with Crippen LogP contribution in [0.15, 0.2) is 53.5 Å². The lowest BCUT2D eigenvalue weighted by Crippen LogP contribution is -2.47. The highest BCUT2D eigenvalue weighted by Crippen LogP contribution is 2.35. The monoisotopic (exact) mass is 593 g/mol. The quantitative estimate of drug-likeness (QED) is 0.311. The number of hydrogen-bond donors (Lipinski definition) is 1. The number of carboxylic acid groups (broad SMARTS) is 1. The number of halogens is 1.